The minimum absolute atomic E-state index is 0.0435. The second-order valence-corrected chi connectivity index (χ2v) is 13.5. The highest BCUT2D eigenvalue weighted by Crippen LogP contribution is 2.31. The van der Waals surface area contributed by atoms with Crippen molar-refractivity contribution < 1.29 is 19.1 Å². The second-order valence-electron chi connectivity index (χ2n) is 13.5. The number of aromatic nitrogens is 2. The maximum Gasteiger partial charge on any atom is 0.253 e. The number of fused-ring (bicyclic) bond motifs is 2. The van der Waals surface area contributed by atoms with E-state index in [4.69, 9.17) is 9.47 Å². The second kappa shape index (κ2) is 15.6. The van der Waals surface area contributed by atoms with Gasteiger partial charge in [-0.3, -0.25) is 19.2 Å². The number of Topliss-reactive ketones (excluding diaryl/α,β-unsaturated/α-hetero) is 2. The Hall–Kier alpha value is -3.88. The van der Waals surface area contributed by atoms with Gasteiger partial charge in [-0.1, -0.05) is 13.8 Å². The molecule has 0 aliphatic heterocycles. The topological polar surface area (TPSA) is 96.6 Å². The summed E-state index contributed by atoms with van der Waals surface area (Å²) in [5.41, 5.74) is 4.91. The molecule has 2 saturated carbocycles. The molecule has 2 heterocycles. The van der Waals surface area contributed by atoms with E-state index in [9.17, 15) is 19.2 Å². The number of nitrogens with zero attached hydrogens (tertiary/aromatic N) is 2. The molecular formula is C40H50N2O6. The number of methoxy groups -OCH3 is 2. The van der Waals surface area contributed by atoms with Crippen molar-refractivity contribution in [1.82, 2.24) is 9.13 Å². The minimum Gasteiger partial charge on any atom is -0.381 e. The van der Waals surface area contributed by atoms with Gasteiger partial charge in [0.1, 0.15) is 0 Å². The SMILES string of the molecule is CCc1cc2cc(C(=O)C3CCC(OC)CC3)ccc2n(C)c1=O.CCc1cc2cc(C(=O)C3CCC(OC)CC3)ccc2n(C)c1=O. The third-order valence-electron chi connectivity index (χ3n) is 10.7. The summed E-state index contributed by atoms with van der Waals surface area (Å²) in [7, 11) is 7.06. The maximum absolute atomic E-state index is 12.8. The number of carbonyl (C=O) groups is 2. The van der Waals surface area contributed by atoms with Crippen LogP contribution in [0.3, 0.4) is 0 Å². The van der Waals surface area contributed by atoms with Crippen LogP contribution in [0.25, 0.3) is 21.8 Å². The van der Waals surface area contributed by atoms with Gasteiger partial charge in [-0.05, 0) is 124 Å². The maximum atomic E-state index is 12.8. The van der Waals surface area contributed by atoms with Crippen LogP contribution in [-0.4, -0.2) is 47.1 Å². The van der Waals surface area contributed by atoms with E-state index in [0.717, 1.165) is 95.4 Å². The van der Waals surface area contributed by atoms with Gasteiger partial charge in [0.05, 0.1) is 23.2 Å². The molecule has 2 aromatic heterocycles. The monoisotopic (exact) mass is 654 g/mol. The smallest absolute Gasteiger partial charge is 0.253 e. The molecule has 0 radical (unpaired) electrons. The number of rotatable bonds is 8. The summed E-state index contributed by atoms with van der Waals surface area (Å²) in [4.78, 5) is 50.1. The van der Waals surface area contributed by atoms with E-state index >= 15 is 0 Å². The molecule has 2 aromatic carbocycles. The predicted molar refractivity (Wildman–Crippen MR) is 191 cm³/mol. The van der Waals surface area contributed by atoms with Crippen LogP contribution in [0.15, 0.2) is 58.1 Å². The fraction of sp³-hybridized carbons (Fsp3) is 0.500. The molecule has 8 heteroatoms. The highest BCUT2D eigenvalue weighted by atomic mass is 16.5. The number of benzene rings is 2. The van der Waals surface area contributed by atoms with Crippen molar-refractivity contribution in [3.8, 4) is 0 Å². The van der Waals surface area contributed by atoms with E-state index in [1.54, 1.807) is 37.4 Å². The van der Waals surface area contributed by atoms with E-state index in [0.29, 0.717) is 25.0 Å². The summed E-state index contributed by atoms with van der Waals surface area (Å²) in [5.74, 6) is 0.621. The minimum atomic E-state index is 0.0435. The first-order chi connectivity index (χ1) is 23.1. The molecule has 2 aliphatic rings. The Morgan fingerprint density at radius 1 is 0.604 bits per heavy atom. The van der Waals surface area contributed by atoms with E-state index in [1.165, 1.54) is 0 Å². The summed E-state index contributed by atoms with van der Waals surface area (Å²) in [6.07, 6.45) is 9.37. The molecule has 0 saturated heterocycles. The van der Waals surface area contributed by atoms with Crippen molar-refractivity contribution >= 4 is 33.4 Å². The molecule has 0 unspecified atom stereocenters. The van der Waals surface area contributed by atoms with Gasteiger partial charge >= 0.3 is 0 Å². The van der Waals surface area contributed by atoms with Crippen LogP contribution < -0.4 is 11.1 Å². The van der Waals surface area contributed by atoms with Gasteiger partial charge in [0.15, 0.2) is 11.6 Å². The lowest BCUT2D eigenvalue weighted by atomic mass is 9.82. The predicted octanol–water partition coefficient (Wildman–Crippen LogP) is 6.98. The first kappa shape index (κ1) is 35.4. The van der Waals surface area contributed by atoms with Crippen LogP contribution in [0, 0.1) is 11.8 Å². The molecule has 0 amide bonds. The fourth-order valence-corrected chi connectivity index (χ4v) is 7.51. The number of aryl methyl sites for hydroxylation is 4. The quantitative estimate of drug-likeness (QED) is 0.190. The van der Waals surface area contributed by atoms with Crippen LogP contribution in [0.5, 0.6) is 0 Å². The first-order valence-electron chi connectivity index (χ1n) is 17.5. The van der Waals surface area contributed by atoms with Crippen LogP contribution in [-0.2, 0) is 36.4 Å². The van der Waals surface area contributed by atoms with Crippen LogP contribution in [0.2, 0.25) is 0 Å². The highest BCUT2D eigenvalue weighted by molar-refractivity contribution is 6.01. The number of ketones is 2. The number of carbonyl (C=O) groups excluding carboxylic acids is 2. The number of hydrogen-bond donors (Lipinski definition) is 0. The van der Waals surface area contributed by atoms with Gasteiger partial charge in [-0.2, -0.15) is 0 Å². The third kappa shape index (κ3) is 7.40. The molecular weight excluding hydrogens is 604 g/mol. The average Bonchev–Trinajstić information content (AvgIpc) is 3.13. The average molecular weight is 655 g/mol. The lowest BCUT2D eigenvalue weighted by Crippen LogP contribution is -2.25. The lowest BCUT2D eigenvalue weighted by Gasteiger charge is -2.26. The first-order valence-corrected chi connectivity index (χ1v) is 17.5. The summed E-state index contributed by atoms with van der Waals surface area (Å²) >= 11 is 0. The van der Waals surface area contributed by atoms with Gasteiger partial charge < -0.3 is 18.6 Å². The van der Waals surface area contributed by atoms with E-state index in [2.05, 4.69) is 0 Å². The zero-order valence-corrected chi connectivity index (χ0v) is 29.3. The molecule has 4 aromatic rings. The summed E-state index contributed by atoms with van der Waals surface area (Å²) in [6, 6.07) is 15.2. The largest absolute Gasteiger partial charge is 0.381 e. The van der Waals surface area contributed by atoms with E-state index < -0.39 is 0 Å². The Morgan fingerprint density at radius 2 is 0.958 bits per heavy atom. The Bertz CT molecular complexity index is 1770. The summed E-state index contributed by atoms with van der Waals surface area (Å²) < 4.78 is 14.1. The van der Waals surface area contributed by atoms with Crippen molar-refractivity contribution in [2.75, 3.05) is 14.2 Å². The zero-order valence-electron chi connectivity index (χ0n) is 29.3. The van der Waals surface area contributed by atoms with Gasteiger partial charge in [0.25, 0.3) is 11.1 Å². The molecule has 2 aliphatic carbocycles. The summed E-state index contributed by atoms with van der Waals surface area (Å²) in [6.45, 7) is 3.96. The molecule has 0 N–H and O–H groups in total. The standard InChI is InChI=1S/2C20H25NO3/c2*1-4-13-11-16-12-15(7-10-18(16)21(2)20(13)23)19(22)14-5-8-17(24-3)9-6-14/h2*7,10-12,14,17H,4-6,8-9H2,1-3H3. The molecule has 48 heavy (non-hydrogen) atoms. The highest BCUT2D eigenvalue weighted by Gasteiger charge is 2.28. The van der Waals surface area contributed by atoms with Crippen molar-refractivity contribution in [1.29, 1.82) is 0 Å². The van der Waals surface area contributed by atoms with Crippen molar-refractivity contribution in [3.05, 3.63) is 91.5 Å². The Kier molecular flexibility index (Phi) is 11.5. The zero-order chi connectivity index (χ0) is 34.5. The lowest BCUT2D eigenvalue weighted by molar-refractivity contribution is 0.0515. The van der Waals surface area contributed by atoms with Gasteiger partial charge in [0.2, 0.25) is 0 Å². The molecule has 0 bridgehead atoms. The fourth-order valence-electron chi connectivity index (χ4n) is 7.51. The van der Waals surface area contributed by atoms with Crippen LogP contribution in [0.4, 0.5) is 0 Å². The van der Waals surface area contributed by atoms with Gasteiger partial charge in [0, 0.05) is 62.4 Å². The van der Waals surface area contributed by atoms with E-state index in [-0.39, 0.29) is 34.5 Å². The third-order valence-corrected chi connectivity index (χ3v) is 10.7. The van der Waals surface area contributed by atoms with Crippen molar-refractivity contribution in [3.63, 3.8) is 0 Å². The molecule has 8 nitrogen and oxygen atoms in total. The molecule has 256 valence electrons. The normalized spacial score (nSPS) is 21.1. The van der Waals surface area contributed by atoms with Gasteiger partial charge in [-0.15, -0.1) is 0 Å². The van der Waals surface area contributed by atoms with Crippen LogP contribution in [0.1, 0.15) is 97.1 Å². The Labute approximate surface area is 283 Å². The molecule has 6 rings (SSSR count). The van der Waals surface area contributed by atoms with Gasteiger partial charge in [-0.25, -0.2) is 0 Å². The molecule has 2 fully saturated rings. The van der Waals surface area contributed by atoms with Crippen LogP contribution >= 0.6 is 0 Å². The number of hydrogen-bond acceptors (Lipinski definition) is 6. The number of ether oxygens (including phenoxy) is 2. The number of pyridine rings is 2. The molecule has 0 atom stereocenters. The van der Waals surface area contributed by atoms with Crippen molar-refractivity contribution in [2.24, 2.45) is 25.9 Å². The summed E-state index contributed by atoms with van der Waals surface area (Å²) in [5, 5.41) is 1.93. The van der Waals surface area contributed by atoms with E-state index in [1.807, 2.05) is 62.4 Å². The molecule has 0 spiro atoms. The Morgan fingerprint density at radius 3 is 1.27 bits per heavy atom. The Balaban J connectivity index is 0.000000188. The van der Waals surface area contributed by atoms with Crippen molar-refractivity contribution in [2.45, 2.75) is 90.3 Å².